The molecular weight excluding hydrogens is 1400 g/mol. The van der Waals surface area contributed by atoms with Crippen LogP contribution in [0, 0.1) is 0 Å². The van der Waals surface area contributed by atoms with Gasteiger partial charge in [-0.2, -0.15) is 10.2 Å². The second-order valence-electron chi connectivity index (χ2n) is 28.4. The topological polar surface area (TPSA) is 154 Å². The van der Waals surface area contributed by atoms with Gasteiger partial charge >= 0.3 is 12.2 Å². The van der Waals surface area contributed by atoms with E-state index in [0.717, 1.165) is 126 Å². The number of hydrogen-bond donors (Lipinski definition) is 1. The van der Waals surface area contributed by atoms with Crippen LogP contribution in [0.5, 0.6) is 11.5 Å². The zero-order valence-corrected chi connectivity index (χ0v) is 64.1. The fraction of sp³-hybridized carbons (Fsp3) is 0.213. The Morgan fingerprint density at radius 3 is 1.18 bits per heavy atom. The smallest absolute Gasteiger partial charge is 0.410 e. The maximum absolute atomic E-state index is 13.1. The summed E-state index contributed by atoms with van der Waals surface area (Å²) >= 11 is 6.36. The van der Waals surface area contributed by atoms with Gasteiger partial charge in [-0.25, -0.2) is 28.9 Å². The maximum Gasteiger partial charge on any atom is 0.410 e. The minimum atomic E-state index is -0.808. The highest BCUT2D eigenvalue weighted by atomic mass is 35.5. The van der Waals surface area contributed by atoms with E-state index >= 15 is 0 Å². The van der Waals surface area contributed by atoms with Crippen molar-refractivity contribution in [3.05, 3.63) is 365 Å². The fourth-order valence-electron chi connectivity index (χ4n) is 15.1. The van der Waals surface area contributed by atoms with Gasteiger partial charge in [0, 0.05) is 85.6 Å². The van der Waals surface area contributed by atoms with E-state index in [1.807, 2.05) is 155 Å². The molecule has 10 aromatic carbocycles. The number of halogens is 1. The Morgan fingerprint density at radius 1 is 0.441 bits per heavy atom. The van der Waals surface area contributed by atoms with Gasteiger partial charge in [0.2, 0.25) is 0 Å². The molecule has 2 amide bonds. The molecule has 17 heteroatoms. The number of amides is 2. The molecule has 0 spiro atoms. The average Bonchev–Trinajstić information content (AvgIpc) is 1.62. The van der Waals surface area contributed by atoms with Crippen LogP contribution in [0.4, 0.5) is 15.4 Å². The maximum atomic E-state index is 13.1. The Balaban J connectivity index is 0.000000158. The van der Waals surface area contributed by atoms with Crippen molar-refractivity contribution >= 4 is 51.4 Å². The monoisotopic (exact) mass is 1490 g/mol. The van der Waals surface area contributed by atoms with Crippen LogP contribution in [0.3, 0.4) is 0 Å². The number of nitrogens with zero attached hydrogens (tertiary/aromatic N) is 9. The van der Waals surface area contributed by atoms with Gasteiger partial charge < -0.3 is 39.0 Å². The summed E-state index contributed by atoms with van der Waals surface area (Å²) < 4.78 is 27.7. The average molecular weight is 1490 g/mol. The molecule has 6 heterocycles. The van der Waals surface area contributed by atoms with Crippen LogP contribution in [0.2, 0.25) is 5.15 Å². The summed E-state index contributed by atoms with van der Waals surface area (Å²) in [7, 11) is 0. The predicted octanol–water partition coefficient (Wildman–Crippen LogP) is 19.6. The van der Waals surface area contributed by atoms with Gasteiger partial charge in [0.15, 0.2) is 0 Å². The predicted molar refractivity (Wildman–Crippen MR) is 442 cm³/mol. The summed E-state index contributed by atoms with van der Waals surface area (Å²) in [6.45, 7) is 17.0. The van der Waals surface area contributed by atoms with E-state index in [-0.39, 0.29) is 43.1 Å². The Labute approximate surface area is 654 Å². The molecule has 2 unspecified atom stereocenters. The number of anilines is 1. The van der Waals surface area contributed by atoms with Crippen LogP contribution < -0.4 is 19.7 Å². The first-order valence-electron chi connectivity index (χ1n) is 38.0. The van der Waals surface area contributed by atoms with Crippen molar-refractivity contribution in [1.82, 2.24) is 44.6 Å². The SMILES string of the molecule is CC(C)Oc1ccc2c(c1)c(-c1ccnc(Cl)c1)nn2C(c1ccccc1)(c1ccccc1)c1ccccc1.CC(C)Oc1ccc2c(c1)c(-c1ccnc(N3CCN(C(=O)OCc4ccccc4)C(C)C3)c1)nn2C(c1ccccc1)(c1ccccc1)c1ccccc1.CC1CNCCN1C(=O)OCc1ccccc1. The standard InChI is InChI=1S/C47H45N5O3.C34H28ClN3O.C13H18N2O2/c1-34(2)55-41-24-25-43-42(31-41)45(49-52(43)47(38-18-10-5-11-19-38,39-20-12-6-13-21-39)40-22-14-7-15-23-40)37-26-27-48-44(30-37)50-28-29-51(35(3)32-50)46(53)54-33-36-16-8-4-9-17-36;1-24(2)39-29-18-19-31-30(23-29)33(25-20-21-36-32(35)22-25)37-38(31)34(26-12-6-3-7-13-26,27-14-8-4-9-15-27)28-16-10-5-11-17-28;1-11-9-14-7-8-15(11)13(16)17-10-12-5-3-2-4-6-12/h4-27,30-31,34-35H,28-29,32-33H2,1-3H3;3-24H,1-2H3;2-6,11,14H,7-10H2,1H3. The summed E-state index contributed by atoms with van der Waals surface area (Å²) in [5.41, 5.74) is 12.4. The van der Waals surface area contributed by atoms with E-state index < -0.39 is 11.1 Å². The Morgan fingerprint density at radius 2 is 0.811 bits per heavy atom. The summed E-state index contributed by atoms with van der Waals surface area (Å²) in [6.07, 6.45) is 3.12. The minimum absolute atomic E-state index is 0.0109. The van der Waals surface area contributed by atoms with Crippen LogP contribution in [0.1, 0.15) is 86.1 Å². The van der Waals surface area contributed by atoms with Gasteiger partial charge in [-0.05, 0) is 147 Å². The second-order valence-corrected chi connectivity index (χ2v) is 28.8. The number of piperazine rings is 2. The van der Waals surface area contributed by atoms with Gasteiger partial charge in [-0.3, -0.25) is 0 Å². The summed E-state index contributed by atoms with van der Waals surface area (Å²) in [5.74, 6) is 2.41. The first-order chi connectivity index (χ1) is 54.3. The first kappa shape index (κ1) is 75.4. The minimum Gasteiger partial charge on any atom is -0.491 e. The van der Waals surface area contributed by atoms with Gasteiger partial charge in [0.25, 0.3) is 0 Å². The molecule has 4 aromatic heterocycles. The number of benzene rings is 10. The number of rotatable bonds is 19. The third kappa shape index (κ3) is 16.6. The van der Waals surface area contributed by atoms with E-state index in [1.165, 1.54) is 0 Å². The fourth-order valence-corrected chi connectivity index (χ4v) is 15.2. The molecule has 560 valence electrons. The van der Waals surface area contributed by atoms with E-state index in [2.05, 4.69) is 226 Å². The quantitative estimate of drug-likeness (QED) is 0.0605. The summed E-state index contributed by atoms with van der Waals surface area (Å²) in [5, 5.41) is 16.6. The molecule has 0 radical (unpaired) electrons. The normalized spacial score (nSPS) is 14.4. The van der Waals surface area contributed by atoms with Crippen molar-refractivity contribution < 1.29 is 28.5 Å². The molecule has 2 fully saturated rings. The molecular formula is C94H91ClN10O6. The van der Waals surface area contributed by atoms with E-state index in [9.17, 15) is 9.59 Å². The number of carbonyl (C=O) groups excluding carboxylic acids is 2. The van der Waals surface area contributed by atoms with Gasteiger partial charge in [0.1, 0.15) is 58.1 Å². The second kappa shape index (κ2) is 34.9. The summed E-state index contributed by atoms with van der Waals surface area (Å²) in [6, 6.07) is 104. The van der Waals surface area contributed by atoms with Gasteiger partial charge in [-0.15, -0.1) is 0 Å². The number of aromatic nitrogens is 6. The molecule has 2 atom stereocenters. The van der Waals surface area contributed by atoms with Gasteiger partial charge in [0.05, 0.1) is 23.2 Å². The van der Waals surface area contributed by atoms with Crippen LogP contribution in [0.15, 0.2) is 316 Å². The lowest BCUT2D eigenvalue weighted by molar-refractivity contribution is 0.0758. The van der Waals surface area contributed by atoms with E-state index in [4.69, 9.17) is 45.7 Å². The number of fused-ring (bicyclic) bond motifs is 2. The summed E-state index contributed by atoms with van der Waals surface area (Å²) in [4.78, 5) is 39.9. The number of carbonyl (C=O) groups is 2. The number of nitrogens with one attached hydrogen (secondary N) is 1. The number of pyridine rings is 2. The molecule has 16 rings (SSSR count). The highest BCUT2D eigenvalue weighted by Crippen LogP contribution is 2.47. The zero-order chi connectivity index (χ0) is 76.7. The van der Waals surface area contributed by atoms with Crippen LogP contribution in [0.25, 0.3) is 44.3 Å². The zero-order valence-electron chi connectivity index (χ0n) is 63.3. The van der Waals surface area contributed by atoms with Crippen molar-refractivity contribution in [1.29, 1.82) is 0 Å². The van der Waals surface area contributed by atoms with E-state index in [0.29, 0.717) is 31.4 Å². The molecule has 2 aliphatic heterocycles. The molecule has 16 nitrogen and oxygen atoms in total. The lowest BCUT2D eigenvalue weighted by atomic mass is 9.77. The van der Waals surface area contributed by atoms with Gasteiger partial charge in [-0.1, -0.05) is 254 Å². The molecule has 0 aliphatic carbocycles. The van der Waals surface area contributed by atoms with Crippen molar-refractivity contribution in [2.75, 3.05) is 44.2 Å². The largest absolute Gasteiger partial charge is 0.491 e. The third-order valence-corrected chi connectivity index (χ3v) is 20.4. The highest BCUT2D eigenvalue weighted by molar-refractivity contribution is 6.29. The number of hydrogen-bond acceptors (Lipinski definition) is 12. The van der Waals surface area contributed by atoms with Crippen molar-refractivity contribution in [3.8, 4) is 34.0 Å². The molecule has 1 N–H and O–H groups in total. The van der Waals surface area contributed by atoms with Crippen molar-refractivity contribution in [3.63, 3.8) is 0 Å². The molecule has 0 saturated carbocycles. The molecule has 2 saturated heterocycles. The van der Waals surface area contributed by atoms with Crippen LogP contribution in [-0.4, -0.2) is 115 Å². The third-order valence-electron chi connectivity index (χ3n) is 20.2. The van der Waals surface area contributed by atoms with Crippen molar-refractivity contribution in [2.24, 2.45) is 0 Å². The first-order valence-corrected chi connectivity index (χ1v) is 38.4. The molecule has 0 bridgehead atoms. The molecule has 14 aromatic rings. The van der Waals surface area contributed by atoms with Crippen molar-refractivity contribution in [2.45, 2.75) is 90.1 Å². The Hall–Kier alpha value is -12.4. The lowest BCUT2D eigenvalue weighted by Gasteiger charge is -2.39. The number of ether oxygens (including phenoxy) is 4. The van der Waals surface area contributed by atoms with Crippen LogP contribution in [-0.2, 0) is 33.8 Å². The molecule has 2 aliphatic rings. The van der Waals surface area contributed by atoms with Crippen LogP contribution >= 0.6 is 11.6 Å². The van der Waals surface area contributed by atoms with E-state index in [1.54, 1.807) is 11.1 Å². The Kier molecular flexibility index (Phi) is 23.7. The highest BCUT2D eigenvalue weighted by Gasteiger charge is 2.43. The Bertz CT molecular complexity index is 5180. The lowest BCUT2D eigenvalue weighted by Crippen LogP contribution is -2.54. The molecule has 111 heavy (non-hydrogen) atoms.